The van der Waals surface area contributed by atoms with Crippen LogP contribution in [0.2, 0.25) is 0 Å². The highest BCUT2D eigenvalue weighted by Gasteiger charge is 2.11. The van der Waals surface area contributed by atoms with Crippen LogP contribution in [0.15, 0.2) is 41.3 Å². The van der Waals surface area contributed by atoms with E-state index in [-0.39, 0.29) is 6.04 Å². The van der Waals surface area contributed by atoms with Crippen molar-refractivity contribution in [2.24, 2.45) is 5.84 Å². The summed E-state index contributed by atoms with van der Waals surface area (Å²) in [6, 6.07) is 6.07. The zero-order valence-corrected chi connectivity index (χ0v) is 9.89. The number of pyridine rings is 1. The Morgan fingerprint density at radius 3 is 3.00 bits per heavy atom. The number of nitrogens with two attached hydrogens (primary N) is 1. The first kappa shape index (κ1) is 11.8. The smallest absolute Gasteiger partial charge is 0.103 e. The highest BCUT2D eigenvalue weighted by Crippen LogP contribution is 2.18. The lowest BCUT2D eigenvalue weighted by Gasteiger charge is -2.15. The van der Waals surface area contributed by atoms with Gasteiger partial charge in [0.25, 0.3) is 0 Å². The first-order valence-electron chi connectivity index (χ1n) is 5.69. The number of nitrogens with one attached hydrogen (secondary N) is 1. The van der Waals surface area contributed by atoms with Crippen molar-refractivity contribution in [2.45, 2.75) is 25.8 Å². The molecule has 0 aliphatic rings. The summed E-state index contributed by atoms with van der Waals surface area (Å²) >= 11 is 0. The summed E-state index contributed by atoms with van der Waals surface area (Å²) in [5.41, 5.74) is 5.08. The van der Waals surface area contributed by atoms with Gasteiger partial charge in [0.1, 0.15) is 5.76 Å². The molecule has 2 heterocycles. The Hall–Kier alpha value is -1.65. The SMILES string of the molecule is Cc1cncc(C(CCc2ccco2)NN)c1. The molecule has 1 atom stereocenters. The van der Waals surface area contributed by atoms with E-state index in [9.17, 15) is 0 Å². The van der Waals surface area contributed by atoms with Crippen molar-refractivity contribution in [3.8, 4) is 0 Å². The molecule has 90 valence electrons. The Balaban J connectivity index is 2.01. The fourth-order valence-electron chi connectivity index (χ4n) is 1.86. The van der Waals surface area contributed by atoms with Crippen LogP contribution in [0.1, 0.15) is 29.3 Å². The maximum Gasteiger partial charge on any atom is 0.103 e. The van der Waals surface area contributed by atoms with Crippen molar-refractivity contribution < 1.29 is 4.42 Å². The molecule has 0 radical (unpaired) electrons. The topological polar surface area (TPSA) is 64.1 Å². The number of furan rings is 1. The van der Waals surface area contributed by atoms with Crippen LogP contribution >= 0.6 is 0 Å². The molecule has 0 saturated heterocycles. The summed E-state index contributed by atoms with van der Waals surface area (Å²) in [7, 11) is 0. The second kappa shape index (κ2) is 5.61. The van der Waals surface area contributed by atoms with Crippen molar-refractivity contribution in [2.75, 3.05) is 0 Å². The summed E-state index contributed by atoms with van der Waals surface area (Å²) in [4.78, 5) is 4.18. The summed E-state index contributed by atoms with van der Waals surface area (Å²) in [6.07, 6.45) is 7.11. The predicted molar refractivity (Wildman–Crippen MR) is 66.1 cm³/mol. The molecule has 0 saturated carbocycles. The molecule has 1 unspecified atom stereocenters. The van der Waals surface area contributed by atoms with Gasteiger partial charge in [-0.15, -0.1) is 0 Å². The van der Waals surface area contributed by atoms with Crippen LogP contribution in [0.3, 0.4) is 0 Å². The lowest BCUT2D eigenvalue weighted by atomic mass is 10.0. The van der Waals surface area contributed by atoms with Crippen molar-refractivity contribution in [1.29, 1.82) is 0 Å². The molecule has 0 bridgehead atoms. The first-order chi connectivity index (χ1) is 8.29. The van der Waals surface area contributed by atoms with Crippen molar-refractivity contribution in [1.82, 2.24) is 10.4 Å². The number of aromatic nitrogens is 1. The van der Waals surface area contributed by atoms with Crippen LogP contribution in [-0.2, 0) is 6.42 Å². The number of hydrogen-bond donors (Lipinski definition) is 2. The molecule has 3 N–H and O–H groups in total. The standard InChI is InChI=1S/C13H17N3O/c1-10-7-11(9-15-8-10)13(16-14)5-4-12-3-2-6-17-12/h2-3,6-9,13,16H,4-5,14H2,1H3. The zero-order chi connectivity index (χ0) is 12.1. The van der Waals surface area contributed by atoms with E-state index < -0.39 is 0 Å². The Bertz CT molecular complexity index is 453. The Morgan fingerprint density at radius 2 is 2.35 bits per heavy atom. The number of rotatable bonds is 5. The summed E-state index contributed by atoms with van der Waals surface area (Å²) in [6.45, 7) is 2.02. The lowest BCUT2D eigenvalue weighted by molar-refractivity contribution is 0.458. The molecule has 0 fully saturated rings. The van der Waals surface area contributed by atoms with Crippen LogP contribution < -0.4 is 11.3 Å². The minimum absolute atomic E-state index is 0.104. The van der Waals surface area contributed by atoms with E-state index in [1.165, 1.54) is 0 Å². The second-order valence-electron chi connectivity index (χ2n) is 4.13. The predicted octanol–water partition coefficient (Wildman–Crippen LogP) is 2.12. The van der Waals surface area contributed by atoms with Gasteiger partial charge in [-0.25, -0.2) is 0 Å². The molecule has 4 nitrogen and oxygen atoms in total. The molecule has 0 aromatic carbocycles. The largest absolute Gasteiger partial charge is 0.469 e. The maximum absolute atomic E-state index is 5.59. The molecular formula is C13H17N3O. The maximum atomic E-state index is 5.59. The fraction of sp³-hybridized carbons (Fsp3) is 0.308. The molecule has 0 aliphatic carbocycles. The molecule has 2 rings (SSSR count). The summed E-state index contributed by atoms with van der Waals surface area (Å²) in [5, 5.41) is 0. The molecule has 17 heavy (non-hydrogen) atoms. The van der Waals surface area contributed by atoms with E-state index >= 15 is 0 Å². The van der Waals surface area contributed by atoms with Gasteiger partial charge in [0.05, 0.1) is 6.26 Å². The summed E-state index contributed by atoms with van der Waals surface area (Å²) in [5.74, 6) is 6.56. The van der Waals surface area contributed by atoms with Crippen molar-refractivity contribution >= 4 is 0 Å². The third-order valence-electron chi connectivity index (χ3n) is 2.76. The molecule has 0 spiro atoms. The van der Waals surface area contributed by atoms with Crippen LogP contribution in [0.25, 0.3) is 0 Å². The van der Waals surface area contributed by atoms with Gasteiger partial charge in [0, 0.05) is 24.9 Å². The van der Waals surface area contributed by atoms with Gasteiger partial charge < -0.3 is 4.42 Å². The minimum Gasteiger partial charge on any atom is -0.469 e. The molecule has 4 heteroatoms. The molecule has 0 amide bonds. The van der Waals surface area contributed by atoms with Gasteiger partial charge in [0.2, 0.25) is 0 Å². The van der Waals surface area contributed by atoms with Crippen LogP contribution in [0.5, 0.6) is 0 Å². The molecular weight excluding hydrogens is 214 g/mol. The van der Waals surface area contributed by atoms with E-state index in [0.717, 1.165) is 29.7 Å². The van der Waals surface area contributed by atoms with Gasteiger partial charge in [-0.3, -0.25) is 16.3 Å². The number of hydrazine groups is 1. The average molecular weight is 231 g/mol. The number of aryl methyl sites for hydroxylation is 2. The van der Waals surface area contributed by atoms with Gasteiger partial charge >= 0.3 is 0 Å². The Labute approximate surface area is 101 Å². The molecule has 0 aliphatic heterocycles. The van der Waals surface area contributed by atoms with E-state index in [1.54, 1.807) is 6.26 Å². The fourth-order valence-corrected chi connectivity index (χ4v) is 1.86. The minimum atomic E-state index is 0.104. The molecule has 2 aromatic heterocycles. The first-order valence-corrected chi connectivity index (χ1v) is 5.69. The van der Waals surface area contributed by atoms with E-state index in [0.29, 0.717) is 0 Å². The number of hydrogen-bond acceptors (Lipinski definition) is 4. The van der Waals surface area contributed by atoms with Crippen LogP contribution in [0.4, 0.5) is 0 Å². The monoisotopic (exact) mass is 231 g/mol. The summed E-state index contributed by atoms with van der Waals surface area (Å²) < 4.78 is 5.30. The van der Waals surface area contributed by atoms with Crippen molar-refractivity contribution in [3.05, 3.63) is 53.7 Å². The quantitative estimate of drug-likeness (QED) is 0.611. The zero-order valence-electron chi connectivity index (χ0n) is 9.89. The van der Waals surface area contributed by atoms with Crippen LogP contribution in [-0.4, -0.2) is 4.98 Å². The van der Waals surface area contributed by atoms with Gasteiger partial charge in [-0.05, 0) is 36.6 Å². The third-order valence-corrected chi connectivity index (χ3v) is 2.76. The van der Waals surface area contributed by atoms with E-state index in [1.807, 2.05) is 31.5 Å². The lowest BCUT2D eigenvalue weighted by Crippen LogP contribution is -2.28. The average Bonchev–Trinajstić information content (AvgIpc) is 2.83. The highest BCUT2D eigenvalue weighted by molar-refractivity contribution is 5.20. The van der Waals surface area contributed by atoms with Gasteiger partial charge in [0.15, 0.2) is 0 Å². The van der Waals surface area contributed by atoms with Crippen LogP contribution in [0, 0.1) is 6.92 Å². The Morgan fingerprint density at radius 1 is 1.47 bits per heavy atom. The van der Waals surface area contributed by atoms with Gasteiger partial charge in [-0.1, -0.05) is 6.07 Å². The van der Waals surface area contributed by atoms with E-state index in [2.05, 4.69) is 16.5 Å². The van der Waals surface area contributed by atoms with E-state index in [4.69, 9.17) is 10.3 Å². The number of nitrogens with zero attached hydrogens (tertiary/aromatic N) is 1. The second-order valence-corrected chi connectivity index (χ2v) is 4.13. The van der Waals surface area contributed by atoms with Gasteiger partial charge in [-0.2, -0.15) is 0 Å². The Kier molecular flexibility index (Phi) is 3.90. The normalized spacial score (nSPS) is 12.6. The van der Waals surface area contributed by atoms with Crippen molar-refractivity contribution in [3.63, 3.8) is 0 Å². The highest BCUT2D eigenvalue weighted by atomic mass is 16.3. The third kappa shape index (κ3) is 3.15. The molecule has 2 aromatic rings.